The molecule has 0 bridgehead atoms. The van der Waals surface area contributed by atoms with Gasteiger partial charge in [0, 0.05) is 18.3 Å². The number of nitrogens with one attached hydrogen (secondary N) is 1. The summed E-state index contributed by atoms with van der Waals surface area (Å²) in [5, 5.41) is 11.4. The number of primary amides is 1. The Morgan fingerprint density at radius 3 is 2.52 bits per heavy atom. The van der Waals surface area contributed by atoms with Crippen LogP contribution in [0.4, 0.5) is 5.69 Å². The van der Waals surface area contributed by atoms with Gasteiger partial charge in [-0.05, 0) is 44.2 Å². The summed E-state index contributed by atoms with van der Waals surface area (Å²) in [6.45, 7) is 3.64. The van der Waals surface area contributed by atoms with Crippen LogP contribution in [0.5, 0.6) is 0 Å². The van der Waals surface area contributed by atoms with Gasteiger partial charge in [-0.1, -0.05) is 11.8 Å². The topological polar surface area (TPSA) is 116 Å². The number of amides is 2. The largest absolute Gasteiger partial charge is 0.469 e. The zero-order valence-electron chi connectivity index (χ0n) is 15.1. The molecule has 140 valence electrons. The number of hydrogen-bond donors (Lipinski definition) is 2. The minimum atomic E-state index is -0.511. The predicted molar refractivity (Wildman–Crippen MR) is 102 cm³/mol. The number of carbonyl (C=O) groups is 2. The van der Waals surface area contributed by atoms with Crippen molar-refractivity contribution in [3.8, 4) is 11.4 Å². The van der Waals surface area contributed by atoms with Crippen molar-refractivity contribution < 1.29 is 14.0 Å². The molecule has 0 aliphatic heterocycles. The Kier molecular flexibility index (Phi) is 5.31. The van der Waals surface area contributed by atoms with E-state index in [1.807, 2.05) is 24.6 Å². The second-order valence-corrected chi connectivity index (χ2v) is 7.25. The van der Waals surface area contributed by atoms with Crippen molar-refractivity contribution in [2.75, 3.05) is 5.32 Å². The number of furan rings is 1. The number of nitrogens with two attached hydrogens (primary N) is 1. The van der Waals surface area contributed by atoms with Gasteiger partial charge in [0.1, 0.15) is 5.76 Å². The van der Waals surface area contributed by atoms with Gasteiger partial charge >= 0.3 is 0 Å². The highest BCUT2D eigenvalue weighted by Gasteiger charge is 2.20. The van der Waals surface area contributed by atoms with Crippen LogP contribution < -0.4 is 11.1 Å². The predicted octanol–water partition coefficient (Wildman–Crippen LogP) is 2.60. The summed E-state index contributed by atoms with van der Waals surface area (Å²) in [4.78, 5) is 23.5. The quantitative estimate of drug-likeness (QED) is 0.630. The molecule has 2 aromatic heterocycles. The second kappa shape index (κ2) is 7.67. The number of aromatic nitrogens is 3. The minimum absolute atomic E-state index is 0.184. The maximum atomic E-state index is 12.4. The molecule has 0 aliphatic carbocycles. The van der Waals surface area contributed by atoms with Crippen molar-refractivity contribution in [2.24, 2.45) is 12.8 Å². The third kappa shape index (κ3) is 4.03. The molecule has 3 N–H and O–H groups in total. The van der Waals surface area contributed by atoms with Crippen LogP contribution in [-0.2, 0) is 11.8 Å². The third-order valence-electron chi connectivity index (χ3n) is 4.02. The van der Waals surface area contributed by atoms with Crippen LogP contribution in [0.2, 0.25) is 0 Å². The third-order valence-corrected chi connectivity index (χ3v) is 5.16. The average Bonchev–Trinajstić information content (AvgIpc) is 3.21. The molecule has 0 saturated carbocycles. The highest BCUT2D eigenvalue weighted by atomic mass is 32.2. The molecule has 27 heavy (non-hydrogen) atoms. The molecule has 8 nitrogen and oxygen atoms in total. The molecule has 2 heterocycles. The average molecular weight is 385 g/mol. The number of hydrogen-bond acceptors (Lipinski definition) is 6. The zero-order chi connectivity index (χ0) is 19.6. The van der Waals surface area contributed by atoms with E-state index in [4.69, 9.17) is 10.2 Å². The van der Waals surface area contributed by atoms with E-state index in [9.17, 15) is 9.59 Å². The summed E-state index contributed by atoms with van der Waals surface area (Å²) >= 11 is 1.30. The summed E-state index contributed by atoms with van der Waals surface area (Å²) in [5.74, 6) is 0.740. The van der Waals surface area contributed by atoms with Gasteiger partial charge in [0.25, 0.3) is 0 Å². The summed E-state index contributed by atoms with van der Waals surface area (Å²) in [7, 11) is 1.84. The van der Waals surface area contributed by atoms with Gasteiger partial charge in [-0.2, -0.15) is 0 Å². The molecule has 0 radical (unpaired) electrons. The van der Waals surface area contributed by atoms with E-state index in [1.165, 1.54) is 11.8 Å². The highest BCUT2D eigenvalue weighted by molar-refractivity contribution is 8.00. The van der Waals surface area contributed by atoms with Crippen LogP contribution in [0.3, 0.4) is 0 Å². The lowest BCUT2D eigenvalue weighted by molar-refractivity contribution is -0.115. The van der Waals surface area contributed by atoms with Gasteiger partial charge in [0.2, 0.25) is 11.8 Å². The van der Waals surface area contributed by atoms with Crippen molar-refractivity contribution in [3.63, 3.8) is 0 Å². The summed E-state index contributed by atoms with van der Waals surface area (Å²) in [6.07, 6.45) is 1.60. The van der Waals surface area contributed by atoms with Gasteiger partial charge in [-0.15, -0.1) is 10.2 Å². The monoisotopic (exact) mass is 385 g/mol. The molecule has 0 fully saturated rings. The number of thioether (sulfide) groups is 1. The van der Waals surface area contributed by atoms with Crippen LogP contribution in [0, 0.1) is 6.92 Å². The number of rotatable bonds is 6. The number of nitrogens with zero attached hydrogens (tertiary/aromatic N) is 3. The Morgan fingerprint density at radius 1 is 1.22 bits per heavy atom. The van der Waals surface area contributed by atoms with Gasteiger partial charge < -0.3 is 20.0 Å². The maximum absolute atomic E-state index is 12.4. The Balaban J connectivity index is 1.67. The van der Waals surface area contributed by atoms with Gasteiger partial charge in [0.15, 0.2) is 11.0 Å². The van der Waals surface area contributed by atoms with Crippen molar-refractivity contribution >= 4 is 29.3 Å². The summed E-state index contributed by atoms with van der Waals surface area (Å²) < 4.78 is 7.14. The van der Waals surface area contributed by atoms with Gasteiger partial charge in [-0.25, -0.2) is 0 Å². The molecule has 9 heteroatoms. The fourth-order valence-corrected chi connectivity index (χ4v) is 3.26. The Bertz CT molecular complexity index is 977. The van der Waals surface area contributed by atoms with Gasteiger partial charge in [-0.3, -0.25) is 9.59 Å². The first-order valence-electron chi connectivity index (χ1n) is 8.18. The number of anilines is 1. The van der Waals surface area contributed by atoms with Crippen LogP contribution >= 0.6 is 11.8 Å². The summed E-state index contributed by atoms with van der Waals surface area (Å²) in [6, 6.07) is 8.24. The van der Waals surface area contributed by atoms with E-state index >= 15 is 0 Å². The molecule has 0 unspecified atom stereocenters. The summed E-state index contributed by atoms with van der Waals surface area (Å²) in [5.41, 5.74) is 7.05. The number of carbonyl (C=O) groups excluding carboxylic acids is 2. The number of benzene rings is 1. The van der Waals surface area contributed by atoms with Crippen molar-refractivity contribution in [3.05, 3.63) is 47.9 Å². The number of aryl methyl sites for hydroxylation is 1. The van der Waals surface area contributed by atoms with Gasteiger partial charge in [0.05, 0.1) is 17.1 Å². The second-order valence-electron chi connectivity index (χ2n) is 5.95. The Morgan fingerprint density at radius 2 is 1.93 bits per heavy atom. The van der Waals surface area contributed by atoms with E-state index in [-0.39, 0.29) is 5.91 Å². The molecule has 0 aliphatic rings. The first-order chi connectivity index (χ1) is 12.9. The van der Waals surface area contributed by atoms with Crippen LogP contribution in [0.1, 0.15) is 23.0 Å². The fourth-order valence-electron chi connectivity index (χ4n) is 2.44. The van der Waals surface area contributed by atoms with E-state index < -0.39 is 11.2 Å². The van der Waals surface area contributed by atoms with E-state index in [1.54, 1.807) is 37.5 Å². The minimum Gasteiger partial charge on any atom is -0.469 e. The normalized spacial score (nSPS) is 12.0. The molecular weight excluding hydrogens is 366 g/mol. The lowest BCUT2D eigenvalue weighted by Crippen LogP contribution is -2.23. The highest BCUT2D eigenvalue weighted by Crippen LogP contribution is 2.28. The van der Waals surface area contributed by atoms with Crippen molar-refractivity contribution in [1.82, 2.24) is 14.8 Å². The standard InChI is InChI=1S/C18H19N5O3S/c1-10-14(8-9-26-10)16-21-22-18(23(16)3)27-11(2)17(25)20-13-6-4-12(5-7-13)15(19)24/h4-9,11H,1-3H3,(H2,19,24)(H,20,25)/t11-/m0/s1. The van der Waals surface area contributed by atoms with Crippen molar-refractivity contribution in [1.29, 1.82) is 0 Å². The Labute approximate surface area is 160 Å². The molecule has 2 amide bonds. The molecule has 3 aromatic rings. The smallest absolute Gasteiger partial charge is 0.248 e. The molecule has 1 atom stereocenters. The van der Waals surface area contributed by atoms with Crippen molar-refractivity contribution in [2.45, 2.75) is 24.3 Å². The lowest BCUT2D eigenvalue weighted by Gasteiger charge is -2.12. The SMILES string of the molecule is Cc1occc1-c1nnc(S[C@@H](C)C(=O)Nc2ccc(C(N)=O)cc2)n1C. The zero-order valence-corrected chi connectivity index (χ0v) is 15.9. The lowest BCUT2D eigenvalue weighted by atomic mass is 10.2. The fraction of sp³-hybridized carbons (Fsp3) is 0.222. The molecule has 1 aromatic carbocycles. The van der Waals surface area contributed by atoms with E-state index in [0.29, 0.717) is 22.2 Å². The first-order valence-corrected chi connectivity index (χ1v) is 9.06. The van der Waals surface area contributed by atoms with Crippen LogP contribution in [0.15, 0.2) is 46.2 Å². The van der Waals surface area contributed by atoms with E-state index in [0.717, 1.165) is 11.3 Å². The molecule has 0 spiro atoms. The van der Waals surface area contributed by atoms with E-state index in [2.05, 4.69) is 15.5 Å². The molecule has 0 saturated heterocycles. The molecular formula is C18H19N5O3S. The first kappa shape index (κ1) is 18.7. The van der Waals surface area contributed by atoms with Crippen LogP contribution in [0.25, 0.3) is 11.4 Å². The molecule has 3 rings (SSSR count). The maximum Gasteiger partial charge on any atom is 0.248 e. The van der Waals surface area contributed by atoms with Crippen LogP contribution in [-0.4, -0.2) is 31.8 Å². The Hall–Kier alpha value is -3.07.